The summed E-state index contributed by atoms with van der Waals surface area (Å²) < 4.78 is 3.04. The van der Waals surface area contributed by atoms with Gasteiger partial charge in [0.1, 0.15) is 5.15 Å². The Labute approximate surface area is 126 Å². The highest BCUT2D eigenvalue weighted by atomic mass is 79.9. The van der Waals surface area contributed by atoms with E-state index in [1.54, 1.807) is 0 Å². The van der Waals surface area contributed by atoms with Gasteiger partial charge in [-0.15, -0.1) is 0 Å². The molecule has 0 aliphatic heterocycles. The molecule has 1 aromatic heterocycles. The highest BCUT2D eigenvalue weighted by molar-refractivity contribution is 9.10. The highest BCUT2D eigenvalue weighted by Gasteiger charge is 2.18. The third-order valence-electron chi connectivity index (χ3n) is 3.63. The Morgan fingerprint density at radius 2 is 2.05 bits per heavy atom. The monoisotopic (exact) mass is 338 g/mol. The summed E-state index contributed by atoms with van der Waals surface area (Å²) in [5.74, 6) is 0. The molecule has 100 valence electrons. The number of halogens is 2. The minimum atomic E-state index is 0.741. The summed E-state index contributed by atoms with van der Waals surface area (Å²) >= 11 is 9.99. The predicted molar refractivity (Wildman–Crippen MR) is 81.7 cm³/mol. The maximum Gasteiger partial charge on any atom is 0.130 e. The van der Waals surface area contributed by atoms with Crippen molar-refractivity contribution in [2.45, 2.75) is 38.6 Å². The van der Waals surface area contributed by atoms with E-state index in [1.165, 1.54) is 36.1 Å². The van der Waals surface area contributed by atoms with Crippen LogP contribution in [0, 0.1) is 0 Å². The Morgan fingerprint density at radius 1 is 1.21 bits per heavy atom. The minimum absolute atomic E-state index is 0.741. The second kappa shape index (κ2) is 5.68. The zero-order valence-electron chi connectivity index (χ0n) is 10.7. The van der Waals surface area contributed by atoms with Crippen LogP contribution in [-0.4, -0.2) is 9.78 Å². The predicted octanol–water partition coefficient (Wildman–Crippen LogP) is 4.62. The maximum absolute atomic E-state index is 6.49. The molecule has 0 amide bonds. The summed E-state index contributed by atoms with van der Waals surface area (Å²) in [7, 11) is 0. The van der Waals surface area contributed by atoms with Crippen molar-refractivity contribution in [1.29, 1.82) is 0 Å². The van der Waals surface area contributed by atoms with Crippen molar-refractivity contribution in [2.24, 2.45) is 0 Å². The van der Waals surface area contributed by atoms with Crippen molar-refractivity contribution < 1.29 is 0 Å². The molecule has 0 radical (unpaired) electrons. The van der Waals surface area contributed by atoms with Crippen LogP contribution in [0.1, 0.15) is 36.1 Å². The lowest BCUT2D eigenvalue weighted by Crippen LogP contribution is -2.02. The molecule has 2 aromatic rings. The van der Waals surface area contributed by atoms with Crippen LogP contribution in [0.5, 0.6) is 0 Å². The van der Waals surface area contributed by atoms with E-state index in [9.17, 15) is 0 Å². The zero-order valence-corrected chi connectivity index (χ0v) is 13.0. The fourth-order valence-corrected chi connectivity index (χ4v) is 3.40. The second-order valence-electron chi connectivity index (χ2n) is 5.06. The molecule has 4 heteroatoms. The van der Waals surface area contributed by atoms with Gasteiger partial charge < -0.3 is 0 Å². The molecule has 3 rings (SSSR count). The third kappa shape index (κ3) is 2.87. The van der Waals surface area contributed by atoms with Crippen LogP contribution in [0.15, 0.2) is 28.7 Å². The van der Waals surface area contributed by atoms with Gasteiger partial charge in [0.15, 0.2) is 0 Å². The van der Waals surface area contributed by atoms with Gasteiger partial charge in [0.05, 0.1) is 12.2 Å². The molecule has 0 atom stereocenters. The van der Waals surface area contributed by atoms with Gasteiger partial charge in [-0.25, -0.2) is 4.68 Å². The van der Waals surface area contributed by atoms with Crippen molar-refractivity contribution >= 4 is 27.5 Å². The number of aromatic nitrogens is 2. The molecule has 0 saturated carbocycles. The maximum atomic E-state index is 6.49. The topological polar surface area (TPSA) is 17.8 Å². The van der Waals surface area contributed by atoms with Gasteiger partial charge in [-0.2, -0.15) is 5.10 Å². The lowest BCUT2D eigenvalue weighted by Gasteiger charge is -2.05. The molecule has 0 unspecified atom stereocenters. The van der Waals surface area contributed by atoms with Gasteiger partial charge >= 0.3 is 0 Å². The van der Waals surface area contributed by atoms with Crippen LogP contribution in [-0.2, 0) is 19.4 Å². The number of nitrogens with zero attached hydrogens (tertiary/aromatic N) is 2. The second-order valence-corrected chi connectivity index (χ2v) is 6.34. The molecular weight excluding hydrogens is 324 g/mol. The standard InChI is InChI=1S/C15H16BrClN2/c16-12-6-4-5-11(9-12)10-19-15(17)13-7-2-1-3-8-14(13)18-19/h4-6,9H,1-3,7-8,10H2. The molecule has 1 aliphatic rings. The van der Waals surface area contributed by atoms with E-state index in [1.807, 2.05) is 16.8 Å². The number of hydrogen-bond acceptors (Lipinski definition) is 1. The lowest BCUT2D eigenvalue weighted by atomic mass is 10.1. The van der Waals surface area contributed by atoms with E-state index >= 15 is 0 Å². The molecule has 1 aliphatic carbocycles. The average molecular weight is 340 g/mol. The van der Waals surface area contributed by atoms with Gasteiger partial charge in [0.25, 0.3) is 0 Å². The van der Waals surface area contributed by atoms with Crippen molar-refractivity contribution in [3.05, 3.63) is 50.7 Å². The molecule has 1 heterocycles. The van der Waals surface area contributed by atoms with Crippen LogP contribution in [0.25, 0.3) is 0 Å². The van der Waals surface area contributed by atoms with E-state index in [0.717, 1.165) is 29.0 Å². The van der Waals surface area contributed by atoms with Gasteiger partial charge in [0, 0.05) is 10.0 Å². The normalized spacial score (nSPS) is 15.1. The summed E-state index contributed by atoms with van der Waals surface area (Å²) in [5.41, 5.74) is 3.69. The first kappa shape index (κ1) is 13.2. The molecular formula is C15H16BrClN2. The van der Waals surface area contributed by atoms with Crippen molar-refractivity contribution in [1.82, 2.24) is 9.78 Å². The van der Waals surface area contributed by atoms with E-state index in [0.29, 0.717) is 0 Å². The molecule has 0 N–H and O–H groups in total. The van der Waals surface area contributed by atoms with Crippen LogP contribution >= 0.6 is 27.5 Å². The Balaban J connectivity index is 1.89. The first-order valence-corrected chi connectivity index (χ1v) is 7.89. The third-order valence-corrected chi connectivity index (χ3v) is 4.54. The Bertz CT molecular complexity index is 592. The van der Waals surface area contributed by atoms with E-state index in [-0.39, 0.29) is 0 Å². The van der Waals surface area contributed by atoms with Gasteiger partial charge in [-0.3, -0.25) is 0 Å². The lowest BCUT2D eigenvalue weighted by molar-refractivity contribution is 0.647. The minimum Gasteiger partial charge on any atom is -0.249 e. The number of aryl methyl sites for hydroxylation is 1. The molecule has 19 heavy (non-hydrogen) atoms. The van der Waals surface area contributed by atoms with Crippen LogP contribution in [0.3, 0.4) is 0 Å². The highest BCUT2D eigenvalue weighted by Crippen LogP contribution is 2.27. The summed E-state index contributed by atoms with van der Waals surface area (Å²) in [6, 6.07) is 8.29. The van der Waals surface area contributed by atoms with Crippen molar-refractivity contribution in [3.8, 4) is 0 Å². The Hall–Kier alpha value is -0.800. The molecule has 0 bridgehead atoms. The van der Waals surface area contributed by atoms with E-state index in [2.05, 4.69) is 28.1 Å². The van der Waals surface area contributed by atoms with Crippen molar-refractivity contribution in [3.63, 3.8) is 0 Å². The molecule has 2 nitrogen and oxygen atoms in total. The quantitative estimate of drug-likeness (QED) is 0.730. The fourth-order valence-electron chi connectivity index (χ4n) is 2.66. The van der Waals surface area contributed by atoms with Crippen LogP contribution < -0.4 is 0 Å². The SMILES string of the molecule is Clc1c2c(nn1Cc1cccc(Br)c1)CCCCC2. The first-order chi connectivity index (χ1) is 9.24. The summed E-state index contributed by atoms with van der Waals surface area (Å²) in [6.45, 7) is 0.741. The van der Waals surface area contributed by atoms with Gasteiger partial charge in [0.2, 0.25) is 0 Å². The zero-order chi connectivity index (χ0) is 13.2. The molecule has 0 spiro atoms. The van der Waals surface area contributed by atoms with E-state index in [4.69, 9.17) is 16.7 Å². The Kier molecular flexibility index (Phi) is 3.94. The summed E-state index contributed by atoms with van der Waals surface area (Å²) in [5, 5.41) is 5.54. The summed E-state index contributed by atoms with van der Waals surface area (Å²) in [4.78, 5) is 0. The summed E-state index contributed by atoms with van der Waals surface area (Å²) in [6.07, 6.45) is 5.90. The smallest absolute Gasteiger partial charge is 0.130 e. The van der Waals surface area contributed by atoms with Crippen LogP contribution in [0.4, 0.5) is 0 Å². The van der Waals surface area contributed by atoms with Crippen LogP contribution in [0.2, 0.25) is 5.15 Å². The Morgan fingerprint density at radius 3 is 2.89 bits per heavy atom. The molecule has 0 fully saturated rings. The fraction of sp³-hybridized carbons (Fsp3) is 0.400. The number of fused-ring (bicyclic) bond motifs is 1. The van der Waals surface area contributed by atoms with E-state index < -0.39 is 0 Å². The molecule has 1 aromatic carbocycles. The first-order valence-electron chi connectivity index (χ1n) is 6.72. The molecule has 0 saturated heterocycles. The number of rotatable bonds is 2. The average Bonchev–Trinajstić information content (AvgIpc) is 2.58. The number of hydrogen-bond donors (Lipinski definition) is 0. The van der Waals surface area contributed by atoms with Gasteiger partial charge in [-0.05, 0) is 43.4 Å². The van der Waals surface area contributed by atoms with Gasteiger partial charge in [-0.1, -0.05) is 46.1 Å². The largest absolute Gasteiger partial charge is 0.249 e. The number of benzene rings is 1. The van der Waals surface area contributed by atoms with Crippen molar-refractivity contribution in [2.75, 3.05) is 0 Å².